The predicted octanol–water partition coefficient (Wildman–Crippen LogP) is 1.84. The third kappa shape index (κ3) is 5.59. The van der Waals surface area contributed by atoms with Gasteiger partial charge in [-0.3, -0.25) is 9.69 Å². The molecule has 0 aliphatic carbocycles. The fourth-order valence-corrected chi connectivity index (χ4v) is 5.13. The lowest BCUT2D eigenvalue weighted by atomic mass is 10.1. The van der Waals surface area contributed by atoms with Gasteiger partial charge in [0.05, 0.1) is 48.0 Å². The van der Waals surface area contributed by atoms with Crippen LogP contribution in [0.15, 0.2) is 12.1 Å². The van der Waals surface area contributed by atoms with E-state index in [4.69, 9.17) is 29.6 Å². The van der Waals surface area contributed by atoms with Crippen LogP contribution in [-0.4, -0.2) is 62.9 Å². The third-order valence-corrected chi connectivity index (χ3v) is 6.36. The molecule has 1 aliphatic rings. The second-order valence-corrected chi connectivity index (χ2v) is 9.09. The van der Waals surface area contributed by atoms with E-state index in [-0.39, 0.29) is 51.9 Å². The number of carbonyl (C=O) groups excluding carboxylic acids is 2. The Morgan fingerprint density at radius 2 is 2.11 bits per heavy atom. The predicted molar refractivity (Wildman–Crippen MR) is 104 cm³/mol. The van der Waals surface area contributed by atoms with Crippen molar-refractivity contribution in [2.75, 3.05) is 37.0 Å². The summed E-state index contributed by atoms with van der Waals surface area (Å²) in [5.41, 5.74) is 0.0768. The van der Waals surface area contributed by atoms with Gasteiger partial charge < -0.3 is 10.1 Å². The van der Waals surface area contributed by atoms with E-state index in [0.717, 1.165) is 0 Å². The van der Waals surface area contributed by atoms with Crippen LogP contribution >= 0.6 is 23.2 Å². The lowest BCUT2D eigenvalue weighted by Crippen LogP contribution is -2.42. The molecule has 0 spiro atoms. The highest BCUT2D eigenvalue weighted by Gasteiger charge is 2.33. The van der Waals surface area contributed by atoms with Crippen molar-refractivity contribution in [3.05, 3.63) is 27.7 Å². The van der Waals surface area contributed by atoms with Crippen molar-refractivity contribution in [1.29, 1.82) is 0 Å². The summed E-state index contributed by atoms with van der Waals surface area (Å²) in [7, 11) is -1.93. The number of terminal acetylenes is 1. The molecular weight excluding hydrogens is 415 g/mol. The molecule has 10 heteroatoms. The molecular formula is C17H18Cl2N2O5S. The van der Waals surface area contributed by atoms with Gasteiger partial charge in [-0.25, -0.2) is 13.2 Å². The Morgan fingerprint density at radius 3 is 2.67 bits per heavy atom. The first-order valence-corrected chi connectivity index (χ1v) is 10.5. The van der Waals surface area contributed by atoms with Gasteiger partial charge in [0.2, 0.25) is 5.91 Å². The highest BCUT2D eigenvalue weighted by Crippen LogP contribution is 2.31. The van der Waals surface area contributed by atoms with E-state index < -0.39 is 21.7 Å². The van der Waals surface area contributed by atoms with Crippen LogP contribution in [0.1, 0.15) is 16.8 Å². The van der Waals surface area contributed by atoms with Crippen LogP contribution in [0.4, 0.5) is 5.69 Å². The standard InChI is InChI=1S/C17H18Cl2N2O5S/c1-3-5-21(12-4-6-27(24,25)10-12)9-15(22)20-16-13(17(23)26-2)7-11(18)8-14(16)19/h1,7-8,12H,4-6,9-10H2,2H3,(H,20,22). The van der Waals surface area contributed by atoms with Gasteiger partial charge in [0, 0.05) is 11.1 Å². The number of nitrogens with one attached hydrogen (secondary N) is 1. The molecule has 1 fully saturated rings. The Kier molecular flexibility index (Phi) is 7.12. The van der Waals surface area contributed by atoms with E-state index in [1.165, 1.54) is 19.2 Å². The average molecular weight is 433 g/mol. The number of methoxy groups -OCH3 is 1. The Morgan fingerprint density at radius 1 is 1.41 bits per heavy atom. The zero-order valence-electron chi connectivity index (χ0n) is 14.5. The second kappa shape index (κ2) is 8.93. The van der Waals surface area contributed by atoms with Crippen LogP contribution in [-0.2, 0) is 19.4 Å². The molecule has 7 nitrogen and oxygen atoms in total. The fraction of sp³-hybridized carbons (Fsp3) is 0.412. The Labute approximate surface area is 167 Å². The van der Waals surface area contributed by atoms with Crippen LogP contribution < -0.4 is 5.32 Å². The van der Waals surface area contributed by atoms with E-state index >= 15 is 0 Å². The minimum Gasteiger partial charge on any atom is -0.465 e. The molecule has 0 bridgehead atoms. The molecule has 146 valence electrons. The SMILES string of the molecule is C#CCN(CC(=O)Nc1c(Cl)cc(Cl)cc1C(=O)OC)C1CCS(=O)(=O)C1. The molecule has 1 unspecified atom stereocenters. The quantitative estimate of drug-likeness (QED) is 0.544. The third-order valence-electron chi connectivity index (χ3n) is 4.09. The summed E-state index contributed by atoms with van der Waals surface area (Å²) in [5.74, 6) is 1.25. The van der Waals surface area contributed by atoms with E-state index in [1.807, 2.05) is 0 Å². The first-order valence-electron chi connectivity index (χ1n) is 7.92. The molecule has 1 aromatic carbocycles. The number of carbonyl (C=O) groups is 2. The maximum Gasteiger partial charge on any atom is 0.340 e. The zero-order valence-corrected chi connectivity index (χ0v) is 16.8. The molecule has 1 heterocycles. The molecule has 27 heavy (non-hydrogen) atoms. The van der Waals surface area contributed by atoms with Crippen molar-refractivity contribution in [3.63, 3.8) is 0 Å². The molecule has 1 atom stereocenters. The Hall–Kier alpha value is -1.79. The molecule has 1 N–H and O–H groups in total. The van der Waals surface area contributed by atoms with Crippen molar-refractivity contribution in [1.82, 2.24) is 4.90 Å². The summed E-state index contributed by atoms with van der Waals surface area (Å²) >= 11 is 12.0. The first-order chi connectivity index (χ1) is 12.7. The van der Waals surface area contributed by atoms with E-state index in [1.54, 1.807) is 4.90 Å². The second-order valence-electron chi connectivity index (χ2n) is 6.02. The van der Waals surface area contributed by atoms with Crippen molar-refractivity contribution < 1.29 is 22.7 Å². The molecule has 1 saturated heterocycles. The minimum absolute atomic E-state index is 0.00953. The highest BCUT2D eigenvalue weighted by atomic mass is 35.5. The first kappa shape index (κ1) is 21.5. The van der Waals surface area contributed by atoms with E-state index in [2.05, 4.69) is 16.0 Å². The minimum atomic E-state index is -3.13. The molecule has 0 radical (unpaired) electrons. The van der Waals surface area contributed by atoms with Gasteiger partial charge in [0.1, 0.15) is 0 Å². The van der Waals surface area contributed by atoms with Crippen molar-refractivity contribution in [3.8, 4) is 12.3 Å². The number of amides is 1. The summed E-state index contributed by atoms with van der Waals surface area (Å²) < 4.78 is 28.1. The van der Waals surface area contributed by atoms with Gasteiger partial charge >= 0.3 is 5.97 Å². The van der Waals surface area contributed by atoms with Crippen molar-refractivity contribution >= 4 is 50.6 Å². The maximum atomic E-state index is 12.5. The zero-order chi connectivity index (χ0) is 20.2. The number of benzene rings is 1. The Balaban J connectivity index is 2.19. The average Bonchev–Trinajstić information content (AvgIpc) is 2.95. The topological polar surface area (TPSA) is 92.8 Å². The number of halogens is 2. The van der Waals surface area contributed by atoms with Crippen molar-refractivity contribution in [2.24, 2.45) is 0 Å². The van der Waals surface area contributed by atoms with Gasteiger partial charge in [-0.1, -0.05) is 29.1 Å². The summed E-state index contributed by atoms with van der Waals surface area (Å²) in [6, 6.07) is 2.38. The number of sulfone groups is 1. The summed E-state index contributed by atoms with van der Waals surface area (Å²) in [5, 5.41) is 2.85. The monoisotopic (exact) mass is 432 g/mol. The largest absolute Gasteiger partial charge is 0.465 e. The summed E-state index contributed by atoms with van der Waals surface area (Å²) in [6.45, 7) is -0.0320. The number of esters is 1. The lowest BCUT2D eigenvalue weighted by molar-refractivity contribution is -0.117. The van der Waals surface area contributed by atoms with Crippen LogP contribution in [0.3, 0.4) is 0 Å². The number of anilines is 1. The maximum absolute atomic E-state index is 12.5. The van der Waals surface area contributed by atoms with Crippen LogP contribution in [0.25, 0.3) is 0 Å². The molecule has 1 aliphatic heterocycles. The summed E-state index contributed by atoms with van der Waals surface area (Å²) in [6.07, 6.45) is 5.75. The number of ether oxygens (including phenoxy) is 1. The molecule has 2 rings (SSSR count). The molecule has 1 aromatic rings. The Bertz CT molecular complexity index is 895. The van der Waals surface area contributed by atoms with Crippen LogP contribution in [0.5, 0.6) is 0 Å². The van der Waals surface area contributed by atoms with Gasteiger partial charge in [0.15, 0.2) is 9.84 Å². The number of hydrogen-bond acceptors (Lipinski definition) is 6. The van der Waals surface area contributed by atoms with E-state index in [9.17, 15) is 18.0 Å². The van der Waals surface area contributed by atoms with Gasteiger partial charge in [-0.05, 0) is 18.6 Å². The smallest absolute Gasteiger partial charge is 0.340 e. The van der Waals surface area contributed by atoms with Crippen LogP contribution in [0.2, 0.25) is 10.0 Å². The van der Waals surface area contributed by atoms with Gasteiger partial charge in [-0.2, -0.15) is 0 Å². The van der Waals surface area contributed by atoms with Crippen molar-refractivity contribution in [2.45, 2.75) is 12.5 Å². The number of nitrogens with zero attached hydrogens (tertiary/aromatic N) is 1. The molecule has 0 saturated carbocycles. The van der Waals surface area contributed by atoms with Gasteiger partial charge in [-0.15, -0.1) is 6.42 Å². The lowest BCUT2D eigenvalue weighted by Gasteiger charge is -2.25. The molecule has 1 amide bonds. The highest BCUT2D eigenvalue weighted by molar-refractivity contribution is 7.91. The fourth-order valence-electron chi connectivity index (χ4n) is 2.83. The number of hydrogen-bond donors (Lipinski definition) is 1. The van der Waals surface area contributed by atoms with Crippen LogP contribution in [0, 0.1) is 12.3 Å². The summed E-state index contributed by atoms with van der Waals surface area (Å²) in [4.78, 5) is 26.0. The molecule has 0 aromatic heterocycles. The van der Waals surface area contributed by atoms with Gasteiger partial charge in [0.25, 0.3) is 0 Å². The normalized spacial score (nSPS) is 18.1. The number of rotatable bonds is 6. The van der Waals surface area contributed by atoms with E-state index in [0.29, 0.717) is 6.42 Å².